The molecule has 2 atom stereocenters. The van der Waals surface area contributed by atoms with E-state index in [2.05, 4.69) is 35.0 Å². The summed E-state index contributed by atoms with van der Waals surface area (Å²) in [5.74, 6) is 0.307. The molecule has 16 heavy (non-hydrogen) atoms. The molecule has 0 amide bonds. The molecular weight excluding hydrogens is 268 g/mol. The second-order valence-electron chi connectivity index (χ2n) is 3.70. The second-order valence-corrected chi connectivity index (χ2v) is 4.35. The first kappa shape index (κ1) is 15.6. The molecule has 92 valence electrons. The predicted octanol–water partition coefficient (Wildman–Crippen LogP) is 2.62. The van der Waals surface area contributed by atoms with Crippen molar-refractivity contribution < 1.29 is 10.2 Å². The molecule has 0 radical (unpaired) electrons. The molecule has 3 heteroatoms. The maximum atomic E-state index is 9.54. The summed E-state index contributed by atoms with van der Waals surface area (Å²) in [6, 6.07) is 10.3. The third kappa shape index (κ3) is 6.99. The zero-order chi connectivity index (χ0) is 12.4. The van der Waals surface area contributed by atoms with E-state index >= 15 is 0 Å². The van der Waals surface area contributed by atoms with Gasteiger partial charge in [-0.1, -0.05) is 53.2 Å². The van der Waals surface area contributed by atoms with Crippen molar-refractivity contribution >= 4 is 15.9 Å². The van der Waals surface area contributed by atoms with Crippen molar-refractivity contribution in [3.05, 3.63) is 35.9 Å². The molecule has 0 bridgehead atoms. The molecule has 2 nitrogen and oxygen atoms in total. The Morgan fingerprint density at radius 3 is 2.19 bits per heavy atom. The van der Waals surface area contributed by atoms with Crippen LogP contribution in [0.1, 0.15) is 19.4 Å². The highest BCUT2D eigenvalue weighted by atomic mass is 79.9. The van der Waals surface area contributed by atoms with Gasteiger partial charge < -0.3 is 10.2 Å². The van der Waals surface area contributed by atoms with Crippen LogP contribution in [0, 0.1) is 5.92 Å². The molecule has 2 N–H and O–H groups in total. The minimum absolute atomic E-state index is 0.250. The number of hydrogen-bond acceptors (Lipinski definition) is 2. The average Bonchev–Trinajstić information content (AvgIpc) is 2.30. The lowest BCUT2D eigenvalue weighted by atomic mass is 9.97. The van der Waals surface area contributed by atoms with Crippen molar-refractivity contribution in [2.45, 2.75) is 26.4 Å². The number of benzene rings is 1. The van der Waals surface area contributed by atoms with Gasteiger partial charge in [-0.2, -0.15) is 0 Å². The third-order valence-corrected chi connectivity index (χ3v) is 2.88. The SMILES string of the molecule is CCO.C[C@@H](Cc1ccccc1)[C@H](O)CBr. The summed E-state index contributed by atoms with van der Waals surface area (Å²) in [7, 11) is 0. The molecule has 0 aromatic heterocycles. The Morgan fingerprint density at radius 2 is 1.75 bits per heavy atom. The first-order chi connectivity index (χ1) is 7.65. The van der Waals surface area contributed by atoms with Gasteiger partial charge in [-0.3, -0.25) is 0 Å². The summed E-state index contributed by atoms with van der Waals surface area (Å²) in [5, 5.41) is 17.8. The highest BCUT2D eigenvalue weighted by Gasteiger charge is 2.12. The molecule has 0 unspecified atom stereocenters. The first-order valence-electron chi connectivity index (χ1n) is 5.54. The van der Waals surface area contributed by atoms with Gasteiger partial charge in [0, 0.05) is 11.9 Å². The van der Waals surface area contributed by atoms with Gasteiger partial charge in [-0.25, -0.2) is 0 Å². The van der Waals surface area contributed by atoms with Gasteiger partial charge in [-0.05, 0) is 24.8 Å². The zero-order valence-electron chi connectivity index (χ0n) is 9.94. The van der Waals surface area contributed by atoms with E-state index in [1.54, 1.807) is 6.92 Å². The number of alkyl halides is 1. The van der Waals surface area contributed by atoms with Crippen LogP contribution < -0.4 is 0 Å². The van der Waals surface area contributed by atoms with Crippen molar-refractivity contribution in [1.29, 1.82) is 0 Å². The Morgan fingerprint density at radius 1 is 1.25 bits per heavy atom. The van der Waals surface area contributed by atoms with Crippen molar-refractivity contribution in [2.24, 2.45) is 5.92 Å². The third-order valence-electron chi connectivity index (χ3n) is 2.22. The Balaban J connectivity index is 0.000000673. The van der Waals surface area contributed by atoms with E-state index in [9.17, 15) is 5.11 Å². The van der Waals surface area contributed by atoms with Crippen LogP contribution in [0.2, 0.25) is 0 Å². The zero-order valence-corrected chi connectivity index (χ0v) is 11.5. The summed E-state index contributed by atoms with van der Waals surface area (Å²) < 4.78 is 0. The fourth-order valence-corrected chi connectivity index (χ4v) is 1.91. The van der Waals surface area contributed by atoms with Gasteiger partial charge in [0.15, 0.2) is 0 Å². The second kappa shape index (κ2) is 9.82. The van der Waals surface area contributed by atoms with Crippen LogP contribution >= 0.6 is 15.9 Å². The molecule has 0 aliphatic carbocycles. The van der Waals surface area contributed by atoms with Gasteiger partial charge >= 0.3 is 0 Å². The molecule has 0 aliphatic heterocycles. The van der Waals surface area contributed by atoms with Crippen LogP contribution in [0.15, 0.2) is 30.3 Å². The lowest BCUT2D eigenvalue weighted by Gasteiger charge is -2.16. The quantitative estimate of drug-likeness (QED) is 0.837. The monoisotopic (exact) mass is 288 g/mol. The Bertz CT molecular complexity index is 251. The number of aliphatic hydroxyl groups is 2. The van der Waals surface area contributed by atoms with Gasteiger partial charge in [0.25, 0.3) is 0 Å². The highest BCUT2D eigenvalue weighted by Crippen LogP contribution is 2.13. The molecule has 1 rings (SSSR count). The number of hydrogen-bond donors (Lipinski definition) is 2. The maximum Gasteiger partial charge on any atom is 0.0665 e. The number of aliphatic hydroxyl groups excluding tert-OH is 2. The Labute approximate surface area is 106 Å². The van der Waals surface area contributed by atoms with E-state index in [0.29, 0.717) is 11.2 Å². The number of rotatable bonds is 4. The normalized spacial score (nSPS) is 13.6. The molecular formula is C13H21BrO2. The predicted molar refractivity (Wildman–Crippen MR) is 71.9 cm³/mol. The summed E-state index contributed by atoms with van der Waals surface area (Å²) >= 11 is 3.28. The van der Waals surface area contributed by atoms with Crippen LogP contribution in [0.4, 0.5) is 0 Å². The summed E-state index contributed by atoms with van der Waals surface area (Å²) in [4.78, 5) is 0. The van der Waals surface area contributed by atoms with E-state index in [4.69, 9.17) is 5.11 Å². The van der Waals surface area contributed by atoms with Crippen molar-refractivity contribution in [2.75, 3.05) is 11.9 Å². The minimum Gasteiger partial charge on any atom is -0.397 e. The molecule has 0 heterocycles. The molecule has 0 saturated heterocycles. The van der Waals surface area contributed by atoms with Crippen molar-refractivity contribution in [1.82, 2.24) is 0 Å². The smallest absolute Gasteiger partial charge is 0.0665 e. The van der Waals surface area contributed by atoms with E-state index in [1.807, 2.05) is 18.2 Å². The molecule has 1 aromatic rings. The van der Waals surface area contributed by atoms with E-state index in [1.165, 1.54) is 5.56 Å². The lowest BCUT2D eigenvalue weighted by Crippen LogP contribution is -2.20. The maximum absolute atomic E-state index is 9.54. The minimum atomic E-state index is -0.250. The largest absolute Gasteiger partial charge is 0.397 e. The Kier molecular flexibility index (Phi) is 9.59. The van der Waals surface area contributed by atoms with Gasteiger partial charge in [0.2, 0.25) is 0 Å². The number of halogens is 1. The van der Waals surface area contributed by atoms with Gasteiger partial charge in [0.05, 0.1) is 6.10 Å². The van der Waals surface area contributed by atoms with Gasteiger partial charge in [-0.15, -0.1) is 0 Å². The molecule has 0 spiro atoms. The average molecular weight is 289 g/mol. The van der Waals surface area contributed by atoms with Crippen LogP contribution in [0.25, 0.3) is 0 Å². The van der Waals surface area contributed by atoms with Crippen LogP contribution in [-0.2, 0) is 6.42 Å². The summed E-state index contributed by atoms with van der Waals surface area (Å²) in [6.07, 6.45) is 0.688. The highest BCUT2D eigenvalue weighted by molar-refractivity contribution is 9.09. The lowest BCUT2D eigenvalue weighted by molar-refractivity contribution is 0.141. The van der Waals surface area contributed by atoms with Crippen LogP contribution in [0.5, 0.6) is 0 Å². The van der Waals surface area contributed by atoms with Crippen molar-refractivity contribution in [3.8, 4) is 0 Å². The molecule has 1 aromatic carbocycles. The van der Waals surface area contributed by atoms with E-state index in [0.717, 1.165) is 6.42 Å². The van der Waals surface area contributed by atoms with Gasteiger partial charge in [0.1, 0.15) is 0 Å². The summed E-state index contributed by atoms with van der Waals surface area (Å²) in [6.45, 7) is 4.00. The Hall–Kier alpha value is -0.380. The van der Waals surface area contributed by atoms with Crippen molar-refractivity contribution in [3.63, 3.8) is 0 Å². The van der Waals surface area contributed by atoms with Crippen LogP contribution in [-0.4, -0.2) is 28.3 Å². The van der Waals surface area contributed by atoms with Crippen LogP contribution in [0.3, 0.4) is 0 Å². The van der Waals surface area contributed by atoms with E-state index in [-0.39, 0.29) is 12.7 Å². The fraction of sp³-hybridized carbons (Fsp3) is 0.538. The molecule has 0 saturated carbocycles. The standard InChI is InChI=1S/C11H15BrO.C2H6O/c1-9(11(13)8-12)7-10-5-3-2-4-6-10;1-2-3/h2-6,9,11,13H,7-8H2,1H3;3H,2H2,1H3/t9-,11+;/m0./s1. The summed E-state index contributed by atoms with van der Waals surface area (Å²) in [5.41, 5.74) is 1.29. The molecule has 0 fully saturated rings. The fourth-order valence-electron chi connectivity index (χ4n) is 1.27. The van der Waals surface area contributed by atoms with E-state index < -0.39 is 0 Å². The first-order valence-corrected chi connectivity index (χ1v) is 6.66. The molecule has 0 aliphatic rings. The topological polar surface area (TPSA) is 40.5 Å².